The molecule has 1 aliphatic rings. The second kappa shape index (κ2) is 9.51. The van der Waals surface area contributed by atoms with Gasteiger partial charge < -0.3 is 14.6 Å². The van der Waals surface area contributed by atoms with Gasteiger partial charge in [-0.2, -0.15) is 5.26 Å². The summed E-state index contributed by atoms with van der Waals surface area (Å²) in [5.41, 5.74) is 1.85. The van der Waals surface area contributed by atoms with Crippen LogP contribution in [0.2, 0.25) is 0 Å². The lowest BCUT2D eigenvalue weighted by Gasteiger charge is -2.25. The number of benzene rings is 3. The standard InChI is InChI=1S/C27H22N2O5/c1-3-34-22-14-8-19(9-15-22)25(30)23-24(18-6-12-21(33-2)13-7-18)29(27(32)26(23)31)20-10-4-17(16-28)5-11-20/h4-15,24,30H,3H2,1-2H3/b25-23+. The maximum Gasteiger partial charge on any atom is 0.300 e. The predicted molar refractivity (Wildman–Crippen MR) is 127 cm³/mol. The summed E-state index contributed by atoms with van der Waals surface area (Å²) in [4.78, 5) is 27.7. The minimum atomic E-state index is -0.870. The Morgan fingerprint density at radius 2 is 1.59 bits per heavy atom. The first-order chi connectivity index (χ1) is 16.5. The van der Waals surface area contributed by atoms with Crippen molar-refractivity contribution in [2.45, 2.75) is 13.0 Å². The summed E-state index contributed by atoms with van der Waals surface area (Å²) in [6.45, 7) is 2.37. The van der Waals surface area contributed by atoms with Crippen LogP contribution in [0.15, 0.2) is 78.4 Å². The average Bonchev–Trinajstić information content (AvgIpc) is 3.14. The van der Waals surface area contributed by atoms with Crippen LogP contribution in [0.1, 0.15) is 29.7 Å². The van der Waals surface area contributed by atoms with Gasteiger partial charge >= 0.3 is 0 Å². The topological polar surface area (TPSA) is 99.9 Å². The zero-order valence-corrected chi connectivity index (χ0v) is 18.7. The van der Waals surface area contributed by atoms with Gasteiger partial charge in [0.2, 0.25) is 0 Å². The van der Waals surface area contributed by atoms with Gasteiger partial charge in [-0.05, 0) is 73.2 Å². The van der Waals surface area contributed by atoms with Crippen molar-refractivity contribution in [1.29, 1.82) is 5.26 Å². The Bertz CT molecular complexity index is 1290. The second-order valence-electron chi connectivity index (χ2n) is 7.56. The molecule has 1 atom stereocenters. The van der Waals surface area contributed by atoms with Crippen LogP contribution in [0.25, 0.3) is 5.76 Å². The Labute approximate surface area is 197 Å². The van der Waals surface area contributed by atoms with Crippen molar-refractivity contribution in [1.82, 2.24) is 0 Å². The number of ether oxygens (including phenoxy) is 2. The Morgan fingerprint density at radius 3 is 2.15 bits per heavy atom. The number of hydrogen-bond acceptors (Lipinski definition) is 6. The number of nitriles is 1. The van der Waals surface area contributed by atoms with E-state index in [2.05, 4.69) is 0 Å². The van der Waals surface area contributed by atoms with Gasteiger partial charge in [-0.25, -0.2) is 0 Å². The Morgan fingerprint density at radius 1 is 0.971 bits per heavy atom. The quantitative estimate of drug-likeness (QED) is 0.332. The summed E-state index contributed by atoms with van der Waals surface area (Å²) in [7, 11) is 1.55. The third-order valence-electron chi connectivity index (χ3n) is 5.59. The lowest BCUT2D eigenvalue weighted by atomic mass is 9.95. The summed E-state index contributed by atoms with van der Waals surface area (Å²) in [6, 6.07) is 21.1. The molecule has 3 aromatic rings. The molecule has 1 saturated heterocycles. The number of carbonyl (C=O) groups excluding carboxylic acids is 2. The first kappa shape index (κ1) is 22.6. The number of hydrogen-bond donors (Lipinski definition) is 1. The summed E-state index contributed by atoms with van der Waals surface area (Å²) >= 11 is 0. The van der Waals surface area contributed by atoms with E-state index in [0.717, 1.165) is 0 Å². The number of ketones is 1. The highest BCUT2D eigenvalue weighted by Crippen LogP contribution is 2.42. The van der Waals surface area contributed by atoms with Crippen molar-refractivity contribution >= 4 is 23.1 Å². The number of Topliss-reactive ketones (excluding diaryl/α,β-unsaturated/α-hetero) is 1. The van der Waals surface area contributed by atoms with Gasteiger partial charge in [0, 0.05) is 11.3 Å². The van der Waals surface area contributed by atoms with Crippen molar-refractivity contribution in [2.75, 3.05) is 18.6 Å². The van der Waals surface area contributed by atoms with Crippen LogP contribution in [0, 0.1) is 11.3 Å². The van der Waals surface area contributed by atoms with E-state index in [1.165, 1.54) is 4.90 Å². The molecule has 7 nitrogen and oxygen atoms in total. The van der Waals surface area contributed by atoms with E-state index in [1.54, 1.807) is 79.9 Å². The molecule has 7 heteroatoms. The van der Waals surface area contributed by atoms with Crippen molar-refractivity contribution in [2.24, 2.45) is 0 Å². The van der Waals surface area contributed by atoms with E-state index in [0.29, 0.717) is 40.5 Å². The molecule has 170 valence electrons. The summed E-state index contributed by atoms with van der Waals surface area (Å²) in [5.74, 6) is -0.595. The highest BCUT2D eigenvalue weighted by atomic mass is 16.5. The third-order valence-corrected chi connectivity index (χ3v) is 5.59. The minimum Gasteiger partial charge on any atom is -0.507 e. The van der Waals surface area contributed by atoms with Gasteiger partial charge in [-0.1, -0.05) is 12.1 Å². The lowest BCUT2D eigenvalue weighted by Crippen LogP contribution is -2.29. The zero-order valence-electron chi connectivity index (χ0n) is 18.7. The molecule has 1 heterocycles. The molecule has 1 N–H and O–H groups in total. The van der Waals surface area contributed by atoms with Gasteiger partial charge in [0.1, 0.15) is 17.3 Å². The van der Waals surface area contributed by atoms with Gasteiger partial charge in [-0.3, -0.25) is 14.5 Å². The Hall–Kier alpha value is -4.57. The van der Waals surface area contributed by atoms with E-state index < -0.39 is 17.7 Å². The smallest absolute Gasteiger partial charge is 0.300 e. The van der Waals surface area contributed by atoms with Crippen LogP contribution in [0.4, 0.5) is 5.69 Å². The van der Waals surface area contributed by atoms with E-state index in [4.69, 9.17) is 14.7 Å². The van der Waals surface area contributed by atoms with Crippen LogP contribution in [-0.2, 0) is 9.59 Å². The van der Waals surface area contributed by atoms with Crippen molar-refractivity contribution < 1.29 is 24.2 Å². The fourth-order valence-electron chi connectivity index (χ4n) is 3.93. The minimum absolute atomic E-state index is 0.0244. The normalized spacial score (nSPS) is 16.9. The molecule has 1 fully saturated rings. The molecule has 0 aliphatic carbocycles. The SMILES string of the molecule is CCOc1ccc(/C(O)=C2\C(=O)C(=O)N(c3ccc(C#N)cc3)C2c2ccc(OC)cc2)cc1. The average molecular weight is 454 g/mol. The molecule has 34 heavy (non-hydrogen) atoms. The Kier molecular flexibility index (Phi) is 6.33. The Balaban J connectivity index is 1.87. The molecule has 0 spiro atoms. The van der Waals surface area contributed by atoms with Crippen molar-refractivity contribution in [3.05, 3.63) is 95.1 Å². The summed E-state index contributed by atoms with van der Waals surface area (Å²) in [6.07, 6.45) is 0. The molecule has 1 amide bonds. The number of carbonyl (C=O) groups is 2. The highest BCUT2D eigenvalue weighted by Gasteiger charge is 2.47. The molecule has 1 unspecified atom stereocenters. The van der Waals surface area contributed by atoms with Crippen LogP contribution >= 0.6 is 0 Å². The number of rotatable bonds is 6. The van der Waals surface area contributed by atoms with E-state index >= 15 is 0 Å². The monoisotopic (exact) mass is 454 g/mol. The second-order valence-corrected chi connectivity index (χ2v) is 7.56. The van der Waals surface area contributed by atoms with E-state index in [9.17, 15) is 14.7 Å². The molecule has 0 aromatic heterocycles. The molecule has 4 rings (SSSR count). The van der Waals surface area contributed by atoms with E-state index in [-0.39, 0.29) is 11.3 Å². The lowest BCUT2D eigenvalue weighted by molar-refractivity contribution is -0.132. The molecule has 0 radical (unpaired) electrons. The van der Waals surface area contributed by atoms with Crippen LogP contribution in [0.3, 0.4) is 0 Å². The first-order valence-electron chi connectivity index (χ1n) is 10.7. The molecular weight excluding hydrogens is 432 g/mol. The van der Waals surface area contributed by atoms with Crippen molar-refractivity contribution in [3.8, 4) is 17.6 Å². The molecular formula is C27H22N2O5. The molecule has 0 bridgehead atoms. The fraction of sp³-hybridized carbons (Fsp3) is 0.148. The van der Waals surface area contributed by atoms with Gasteiger partial charge in [0.15, 0.2) is 0 Å². The number of aliphatic hydroxyl groups excluding tert-OH is 1. The van der Waals surface area contributed by atoms with Crippen LogP contribution < -0.4 is 14.4 Å². The highest BCUT2D eigenvalue weighted by molar-refractivity contribution is 6.51. The summed E-state index contributed by atoms with van der Waals surface area (Å²) in [5, 5.41) is 20.3. The van der Waals surface area contributed by atoms with Gasteiger partial charge in [-0.15, -0.1) is 0 Å². The van der Waals surface area contributed by atoms with Crippen LogP contribution in [0.5, 0.6) is 11.5 Å². The fourth-order valence-corrected chi connectivity index (χ4v) is 3.93. The maximum atomic E-state index is 13.2. The van der Waals surface area contributed by atoms with Crippen LogP contribution in [-0.4, -0.2) is 30.5 Å². The number of methoxy groups -OCH3 is 1. The van der Waals surface area contributed by atoms with Gasteiger partial charge in [0.05, 0.1) is 37.0 Å². The summed E-state index contributed by atoms with van der Waals surface area (Å²) < 4.78 is 10.7. The zero-order chi connectivity index (χ0) is 24.2. The van der Waals surface area contributed by atoms with Gasteiger partial charge in [0.25, 0.3) is 11.7 Å². The predicted octanol–water partition coefficient (Wildman–Crippen LogP) is 4.59. The first-order valence-corrected chi connectivity index (χ1v) is 10.7. The molecule has 0 saturated carbocycles. The number of anilines is 1. The number of nitrogens with zero attached hydrogens (tertiary/aromatic N) is 2. The number of amides is 1. The largest absolute Gasteiger partial charge is 0.507 e. The molecule has 1 aliphatic heterocycles. The molecule has 3 aromatic carbocycles. The number of aliphatic hydroxyl groups is 1. The maximum absolute atomic E-state index is 13.2. The van der Waals surface area contributed by atoms with Crippen molar-refractivity contribution in [3.63, 3.8) is 0 Å². The van der Waals surface area contributed by atoms with E-state index in [1.807, 2.05) is 13.0 Å². The third kappa shape index (κ3) is 4.09.